The zero-order valence-electron chi connectivity index (χ0n) is 11.3. The van der Waals surface area contributed by atoms with Crippen LogP contribution in [0.2, 0.25) is 0 Å². The second-order valence-electron chi connectivity index (χ2n) is 4.99. The van der Waals surface area contributed by atoms with Crippen molar-refractivity contribution >= 4 is 12.0 Å². The van der Waals surface area contributed by atoms with Crippen molar-refractivity contribution in [2.24, 2.45) is 0 Å². The van der Waals surface area contributed by atoms with Gasteiger partial charge in [0.25, 0.3) is 0 Å². The van der Waals surface area contributed by atoms with Crippen molar-refractivity contribution < 1.29 is 19.2 Å². The van der Waals surface area contributed by atoms with Gasteiger partial charge in [-0.1, -0.05) is 24.4 Å². The lowest BCUT2D eigenvalue weighted by Gasteiger charge is -2.33. The van der Waals surface area contributed by atoms with Crippen LogP contribution in [0, 0.1) is 6.92 Å². The van der Waals surface area contributed by atoms with E-state index in [1.807, 2.05) is 0 Å². The fraction of sp³-hybridized carbons (Fsp3) is 0.667. The normalized spacial score (nSPS) is 17.4. The standard InChI is InChI=1S/C12H18N4O4/c1-8-14-9(20-16-8)7-13-11(19)15-12(10(17)18)5-3-2-4-6-12/h2-7H2,1H3,(H,17,18)(H2,13,15,19). The number of carbonyl (C=O) groups is 2. The number of rotatable bonds is 4. The minimum absolute atomic E-state index is 0.0718. The smallest absolute Gasteiger partial charge is 0.329 e. The summed E-state index contributed by atoms with van der Waals surface area (Å²) in [6.45, 7) is 1.75. The van der Waals surface area contributed by atoms with E-state index in [0.717, 1.165) is 19.3 Å². The van der Waals surface area contributed by atoms with Crippen LogP contribution in [0.3, 0.4) is 0 Å². The van der Waals surface area contributed by atoms with Gasteiger partial charge in [0.1, 0.15) is 5.54 Å². The summed E-state index contributed by atoms with van der Waals surface area (Å²) >= 11 is 0. The number of aromatic nitrogens is 2. The number of carbonyl (C=O) groups excluding carboxylic acids is 1. The predicted molar refractivity (Wildman–Crippen MR) is 67.9 cm³/mol. The largest absolute Gasteiger partial charge is 0.480 e. The van der Waals surface area contributed by atoms with Crippen LogP contribution in [0.4, 0.5) is 4.79 Å². The quantitative estimate of drug-likeness (QED) is 0.757. The number of nitrogens with one attached hydrogen (secondary N) is 2. The Balaban J connectivity index is 1.90. The van der Waals surface area contributed by atoms with Crippen LogP contribution >= 0.6 is 0 Å². The van der Waals surface area contributed by atoms with Gasteiger partial charge in [0.15, 0.2) is 5.82 Å². The predicted octanol–water partition coefficient (Wildman–Crippen LogP) is 0.965. The van der Waals surface area contributed by atoms with Gasteiger partial charge in [-0.05, 0) is 19.8 Å². The van der Waals surface area contributed by atoms with Crippen molar-refractivity contribution in [1.29, 1.82) is 0 Å². The Bertz CT molecular complexity index is 493. The van der Waals surface area contributed by atoms with Gasteiger partial charge in [0.05, 0.1) is 6.54 Å². The van der Waals surface area contributed by atoms with Gasteiger partial charge in [0, 0.05) is 0 Å². The third-order valence-corrected chi connectivity index (χ3v) is 3.44. The van der Waals surface area contributed by atoms with Crippen molar-refractivity contribution in [1.82, 2.24) is 20.8 Å². The highest BCUT2D eigenvalue weighted by molar-refractivity contribution is 5.86. The zero-order chi connectivity index (χ0) is 14.6. The van der Waals surface area contributed by atoms with Gasteiger partial charge < -0.3 is 20.3 Å². The molecule has 0 radical (unpaired) electrons. The monoisotopic (exact) mass is 282 g/mol. The summed E-state index contributed by atoms with van der Waals surface area (Å²) in [5.74, 6) is -0.219. The molecule has 2 amide bonds. The van der Waals surface area contributed by atoms with Gasteiger partial charge >= 0.3 is 12.0 Å². The Morgan fingerprint density at radius 2 is 2.05 bits per heavy atom. The first-order valence-electron chi connectivity index (χ1n) is 6.60. The van der Waals surface area contributed by atoms with Gasteiger partial charge in [-0.2, -0.15) is 4.98 Å². The topological polar surface area (TPSA) is 117 Å². The average Bonchev–Trinajstić information content (AvgIpc) is 2.83. The molecule has 1 aromatic rings. The molecule has 1 saturated carbocycles. The number of aliphatic carboxylic acids is 1. The van der Waals surface area contributed by atoms with E-state index in [0.29, 0.717) is 18.7 Å². The maximum Gasteiger partial charge on any atom is 0.329 e. The Morgan fingerprint density at radius 3 is 2.60 bits per heavy atom. The van der Waals surface area contributed by atoms with Gasteiger partial charge in [-0.3, -0.25) is 0 Å². The summed E-state index contributed by atoms with van der Waals surface area (Å²) in [5, 5.41) is 18.0. The molecular formula is C12H18N4O4. The molecule has 20 heavy (non-hydrogen) atoms. The van der Waals surface area contributed by atoms with Crippen molar-refractivity contribution in [3.8, 4) is 0 Å². The Morgan fingerprint density at radius 1 is 1.35 bits per heavy atom. The van der Waals surface area contributed by atoms with Crippen LogP contribution in [-0.4, -0.2) is 32.8 Å². The van der Waals surface area contributed by atoms with Crippen LogP contribution in [-0.2, 0) is 11.3 Å². The maximum atomic E-state index is 11.8. The molecule has 0 atom stereocenters. The fourth-order valence-electron chi connectivity index (χ4n) is 2.38. The number of aryl methyl sites for hydroxylation is 1. The summed E-state index contributed by atoms with van der Waals surface area (Å²) in [7, 11) is 0. The summed E-state index contributed by atoms with van der Waals surface area (Å²) in [6, 6.07) is -0.537. The van der Waals surface area contributed by atoms with Gasteiger partial charge in [-0.25, -0.2) is 9.59 Å². The lowest BCUT2D eigenvalue weighted by atomic mass is 9.82. The molecule has 1 aromatic heterocycles. The molecule has 1 aliphatic rings. The first-order valence-corrected chi connectivity index (χ1v) is 6.60. The molecule has 1 aliphatic carbocycles. The summed E-state index contributed by atoms with van der Waals surface area (Å²) < 4.78 is 4.86. The number of hydrogen-bond acceptors (Lipinski definition) is 5. The minimum atomic E-state index is -1.16. The van der Waals surface area contributed by atoms with E-state index in [9.17, 15) is 14.7 Å². The molecule has 0 unspecified atom stereocenters. The third kappa shape index (κ3) is 3.25. The Hall–Kier alpha value is -2.12. The number of amides is 2. The molecule has 0 bridgehead atoms. The molecular weight excluding hydrogens is 264 g/mol. The first kappa shape index (κ1) is 14.3. The summed E-state index contributed by atoms with van der Waals surface area (Å²) in [5.41, 5.74) is -1.16. The highest BCUT2D eigenvalue weighted by atomic mass is 16.5. The molecule has 0 saturated heterocycles. The third-order valence-electron chi connectivity index (χ3n) is 3.44. The maximum absolute atomic E-state index is 11.8. The number of hydrogen-bond donors (Lipinski definition) is 3. The number of carboxylic acid groups (broad SMARTS) is 1. The molecule has 1 heterocycles. The van der Waals surface area contributed by atoms with E-state index in [1.54, 1.807) is 6.92 Å². The molecule has 110 valence electrons. The Labute approximate surface area is 115 Å². The highest BCUT2D eigenvalue weighted by Gasteiger charge is 2.40. The fourth-order valence-corrected chi connectivity index (χ4v) is 2.38. The molecule has 1 fully saturated rings. The van der Waals surface area contributed by atoms with Crippen LogP contribution in [0.15, 0.2) is 4.52 Å². The highest BCUT2D eigenvalue weighted by Crippen LogP contribution is 2.28. The van der Waals surface area contributed by atoms with Crippen molar-refractivity contribution in [3.63, 3.8) is 0 Å². The van der Waals surface area contributed by atoms with Crippen LogP contribution in [0.5, 0.6) is 0 Å². The number of urea groups is 1. The van der Waals surface area contributed by atoms with E-state index in [1.165, 1.54) is 0 Å². The van der Waals surface area contributed by atoms with Crippen molar-refractivity contribution in [2.75, 3.05) is 0 Å². The summed E-state index contributed by atoms with van der Waals surface area (Å²) in [6.07, 6.45) is 3.51. The molecule has 8 nitrogen and oxygen atoms in total. The summed E-state index contributed by atoms with van der Waals surface area (Å²) in [4.78, 5) is 27.2. The number of nitrogens with zero attached hydrogens (tertiary/aromatic N) is 2. The van der Waals surface area contributed by atoms with Crippen LogP contribution in [0.25, 0.3) is 0 Å². The lowest BCUT2D eigenvalue weighted by molar-refractivity contribution is -0.145. The van der Waals surface area contributed by atoms with Crippen LogP contribution in [0.1, 0.15) is 43.8 Å². The second-order valence-corrected chi connectivity index (χ2v) is 4.99. The van der Waals surface area contributed by atoms with Crippen molar-refractivity contribution in [3.05, 3.63) is 11.7 Å². The van der Waals surface area contributed by atoms with E-state index in [4.69, 9.17) is 4.52 Å². The van der Waals surface area contributed by atoms with Crippen LogP contribution < -0.4 is 10.6 Å². The second kappa shape index (κ2) is 5.89. The van der Waals surface area contributed by atoms with E-state index in [2.05, 4.69) is 20.8 Å². The average molecular weight is 282 g/mol. The number of carboxylic acids is 1. The van der Waals surface area contributed by atoms with E-state index in [-0.39, 0.29) is 12.4 Å². The minimum Gasteiger partial charge on any atom is -0.480 e. The molecule has 2 rings (SSSR count). The zero-order valence-corrected chi connectivity index (χ0v) is 11.3. The molecule has 8 heteroatoms. The van der Waals surface area contributed by atoms with E-state index >= 15 is 0 Å². The van der Waals surface area contributed by atoms with E-state index < -0.39 is 17.5 Å². The molecule has 0 aromatic carbocycles. The first-order chi connectivity index (χ1) is 9.52. The van der Waals surface area contributed by atoms with Crippen molar-refractivity contribution in [2.45, 2.75) is 51.1 Å². The van der Waals surface area contributed by atoms with Gasteiger partial charge in [-0.15, -0.1) is 0 Å². The molecule has 0 aliphatic heterocycles. The molecule has 0 spiro atoms. The van der Waals surface area contributed by atoms with Gasteiger partial charge in [0.2, 0.25) is 5.89 Å². The SMILES string of the molecule is Cc1noc(CNC(=O)NC2(C(=O)O)CCCCC2)n1. The lowest BCUT2D eigenvalue weighted by Crippen LogP contribution is -2.57. The molecule has 3 N–H and O–H groups in total. The Kier molecular flexibility index (Phi) is 4.21.